The first-order valence-electron chi connectivity index (χ1n) is 7.52. The first-order chi connectivity index (χ1) is 11.3. The van der Waals surface area contributed by atoms with Crippen molar-refractivity contribution in [2.75, 3.05) is 12.4 Å². The molecular weight excluding hydrogens is 320 g/mol. The minimum atomic E-state index is 0. The zero-order valence-electron chi connectivity index (χ0n) is 13.2. The lowest BCUT2D eigenvalue weighted by atomic mass is 10.1. The predicted molar refractivity (Wildman–Crippen MR) is 103 cm³/mol. The summed E-state index contributed by atoms with van der Waals surface area (Å²) in [6, 6.07) is 22.6. The molecule has 3 aromatic carbocycles. The zero-order chi connectivity index (χ0) is 15.6. The Balaban J connectivity index is 0.00000169. The fourth-order valence-electron chi connectivity index (χ4n) is 2.77. The van der Waals surface area contributed by atoms with E-state index in [0.717, 1.165) is 28.0 Å². The Hall–Kier alpha value is -2.78. The monoisotopic (exact) mass is 336 g/mol. The number of fused-ring (bicyclic) bond motifs is 2. The van der Waals surface area contributed by atoms with Crippen LogP contribution in [0.1, 0.15) is 0 Å². The number of rotatable bonds is 3. The van der Waals surface area contributed by atoms with Gasteiger partial charge in [0.05, 0.1) is 12.6 Å². The molecule has 24 heavy (non-hydrogen) atoms. The van der Waals surface area contributed by atoms with Gasteiger partial charge in [0, 0.05) is 23.0 Å². The van der Waals surface area contributed by atoms with Crippen LogP contribution in [0.25, 0.3) is 21.7 Å². The highest BCUT2D eigenvalue weighted by molar-refractivity contribution is 6.02. The van der Waals surface area contributed by atoms with Crippen LogP contribution >= 0.6 is 12.4 Å². The second kappa shape index (κ2) is 6.77. The third-order valence-electron chi connectivity index (χ3n) is 3.98. The minimum absolute atomic E-state index is 0. The van der Waals surface area contributed by atoms with E-state index in [0.29, 0.717) is 0 Å². The predicted octanol–water partition coefficient (Wildman–Crippen LogP) is 5.56. The summed E-state index contributed by atoms with van der Waals surface area (Å²) in [6.45, 7) is 0. The van der Waals surface area contributed by atoms with E-state index in [2.05, 4.69) is 40.6 Å². The number of hydrogen-bond acceptors (Lipinski definition) is 3. The van der Waals surface area contributed by atoms with Crippen LogP contribution in [-0.4, -0.2) is 12.1 Å². The van der Waals surface area contributed by atoms with E-state index in [9.17, 15) is 0 Å². The number of benzene rings is 3. The molecule has 4 aromatic rings. The van der Waals surface area contributed by atoms with Crippen molar-refractivity contribution in [2.24, 2.45) is 0 Å². The maximum atomic E-state index is 5.20. The molecule has 0 fully saturated rings. The van der Waals surface area contributed by atoms with Crippen LogP contribution in [0.15, 0.2) is 72.9 Å². The number of methoxy groups -OCH3 is 1. The summed E-state index contributed by atoms with van der Waals surface area (Å²) < 4.78 is 5.20. The van der Waals surface area contributed by atoms with Gasteiger partial charge in [0.1, 0.15) is 5.75 Å². The van der Waals surface area contributed by atoms with Crippen LogP contribution in [0.5, 0.6) is 5.75 Å². The summed E-state index contributed by atoms with van der Waals surface area (Å²) in [7, 11) is 1.67. The van der Waals surface area contributed by atoms with Crippen molar-refractivity contribution in [1.29, 1.82) is 0 Å². The van der Waals surface area contributed by atoms with E-state index in [1.54, 1.807) is 7.11 Å². The first-order valence-corrected chi connectivity index (χ1v) is 7.52. The molecule has 0 amide bonds. The van der Waals surface area contributed by atoms with E-state index in [-0.39, 0.29) is 12.4 Å². The Kier molecular flexibility index (Phi) is 4.54. The largest absolute Gasteiger partial charge is 0.497 e. The Morgan fingerprint density at radius 2 is 1.58 bits per heavy atom. The molecule has 0 aliphatic rings. The summed E-state index contributed by atoms with van der Waals surface area (Å²) >= 11 is 0. The average Bonchev–Trinajstić information content (AvgIpc) is 2.61. The van der Waals surface area contributed by atoms with Gasteiger partial charge in [-0.25, -0.2) is 0 Å². The lowest BCUT2D eigenvalue weighted by Crippen LogP contribution is -1.93. The van der Waals surface area contributed by atoms with Crippen LogP contribution < -0.4 is 10.1 Å². The fraction of sp³-hybridized carbons (Fsp3) is 0.0500. The molecule has 0 radical (unpaired) electrons. The first kappa shape index (κ1) is 16.1. The van der Waals surface area contributed by atoms with Gasteiger partial charge in [-0.2, -0.15) is 0 Å². The summed E-state index contributed by atoms with van der Waals surface area (Å²) in [6.07, 6.45) is 1.84. The summed E-state index contributed by atoms with van der Waals surface area (Å²) in [5.74, 6) is 0.848. The van der Waals surface area contributed by atoms with Crippen LogP contribution in [0, 0.1) is 0 Å². The number of halogens is 1. The van der Waals surface area contributed by atoms with Gasteiger partial charge >= 0.3 is 0 Å². The van der Waals surface area contributed by atoms with Gasteiger partial charge in [-0.3, -0.25) is 4.98 Å². The smallest absolute Gasteiger partial charge is 0.119 e. The van der Waals surface area contributed by atoms with Gasteiger partial charge in [-0.1, -0.05) is 24.3 Å². The van der Waals surface area contributed by atoms with Gasteiger partial charge in [-0.05, 0) is 53.2 Å². The molecule has 1 heterocycles. The minimum Gasteiger partial charge on any atom is -0.497 e. The molecule has 1 aromatic heterocycles. The number of pyridine rings is 1. The van der Waals surface area contributed by atoms with E-state index in [4.69, 9.17) is 4.74 Å². The highest BCUT2D eigenvalue weighted by Crippen LogP contribution is 2.29. The summed E-state index contributed by atoms with van der Waals surface area (Å²) in [4.78, 5) is 4.50. The second-order valence-corrected chi connectivity index (χ2v) is 5.43. The summed E-state index contributed by atoms with van der Waals surface area (Å²) in [5, 5.41) is 7.00. The SMILES string of the molecule is COc1ccc(Nc2ccnc3cc4ccccc4cc23)cc1.Cl. The molecule has 0 spiro atoms. The van der Waals surface area contributed by atoms with Crippen molar-refractivity contribution in [1.82, 2.24) is 4.98 Å². The molecule has 0 saturated carbocycles. The number of aromatic nitrogens is 1. The maximum Gasteiger partial charge on any atom is 0.119 e. The average molecular weight is 337 g/mol. The Bertz CT molecular complexity index is 984. The molecule has 1 N–H and O–H groups in total. The van der Waals surface area contributed by atoms with E-state index in [1.807, 2.05) is 42.6 Å². The number of nitrogens with zero attached hydrogens (tertiary/aromatic N) is 1. The number of nitrogens with one attached hydrogen (secondary N) is 1. The van der Waals surface area contributed by atoms with E-state index < -0.39 is 0 Å². The highest BCUT2D eigenvalue weighted by Gasteiger charge is 2.05. The third kappa shape index (κ3) is 2.99. The molecule has 4 heteroatoms. The number of ether oxygens (including phenoxy) is 1. The van der Waals surface area contributed by atoms with Gasteiger partial charge in [0.25, 0.3) is 0 Å². The number of hydrogen-bond donors (Lipinski definition) is 1. The van der Waals surface area contributed by atoms with Gasteiger partial charge in [0.2, 0.25) is 0 Å². The van der Waals surface area contributed by atoms with Crippen molar-refractivity contribution in [2.45, 2.75) is 0 Å². The lowest BCUT2D eigenvalue weighted by Gasteiger charge is -2.11. The normalized spacial score (nSPS) is 10.4. The molecule has 0 atom stereocenters. The van der Waals surface area contributed by atoms with Crippen LogP contribution in [-0.2, 0) is 0 Å². The molecule has 0 bridgehead atoms. The summed E-state index contributed by atoms with van der Waals surface area (Å²) in [5.41, 5.74) is 3.06. The highest BCUT2D eigenvalue weighted by atomic mass is 35.5. The van der Waals surface area contributed by atoms with Crippen molar-refractivity contribution in [3.8, 4) is 5.75 Å². The molecule has 120 valence electrons. The molecule has 0 aliphatic heterocycles. The van der Waals surface area contributed by atoms with Crippen LogP contribution in [0.2, 0.25) is 0 Å². The standard InChI is InChI=1S/C20H16N2O.ClH/c1-23-17-8-6-16(7-9-17)22-19-10-11-21-20-13-15-5-3-2-4-14(15)12-18(19)20;/h2-13H,1H3,(H,21,22);1H. The molecular formula is C20H17ClN2O. The molecule has 0 unspecified atom stereocenters. The Labute approximate surface area is 146 Å². The molecule has 0 aliphatic carbocycles. The van der Waals surface area contributed by atoms with Gasteiger partial charge in [0.15, 0.2) is 0 Å². The second-order valence-electron chi connectivity index (χ2n) is 5.43. The molecule has 0 saturated heterocycles. The fourth-order valence-corrected chi connectivity index (χ4v) is 2.77. The lowest BCUT2D eigenvalue weighted by molar-refractivity contribution is 0.415. The zero-order valence-corrected chi connectivity index (χ0v) is 14.0. The van der Waals surface area contributed by atoms with E-state index >= 15 is 0 Å². The molecule has 4 rings (SSSR count). The topological polar surface area (TPSA) is 34.1 Å². The Morgan fingerprint density at radius 3 is 2.29 bits per heavy atom. The van der Waals surface area contributed by atoms with E-state index in [1.165, 1.54) is 10.8 Å². The third-order valence-corrected chi connectivity index (χ3v) is 3.98. The van der Waals surface area contributed by atoms with Crippen molar-refractivity contribution < 1.29 is 4.74 Å². The number of anilines is 2. The maximum absolute atomic E-state index is 5.20. The quantitative estimate of drug-likeness (QED) is 0.497. The Morgan fingerprint density at radius 1 is 0.875 bits per heavy atom. The van der Waals surface area contributed by atoms with Crippen molar-refractivity contribution in [3.05, 3.63) is 72.9 Å². The van der Waals surface area contributed by atoms with Gasteiger partial charge < -0.3 is 10.1 Å². The van der Waals surface area contributed by atoms with Crippen LogP contribution in [0.3, 0.4) is 0 Å². The van der Waals surface area contributed by atoms with Crippen molar-refractivity contribution >= 4 is 45.5 Å². The van der Waals surface area contributed by atoms with Gasteiger partial charge in [-0.15, -0.1) is 12.4 Å². The van der Waals surface area contributed by atoms with Crippen molar-refractivity contribution in [3.63, 3.8) is 0 Å². The molecule has 3 nitrogen and oxygen atoms in total. The van der Waals surface area contributed by atoms with Crippen LogP contribution in [0.4, 0.5) is 11.4 Å².